The number of pyridine rings is 1. The van der Waals surface area contributed by atoms with Crippen molar-refractivity contribution in [3.63, 3.8) is 0 Å². The molecule has 0 aliphatic heterocycles. The molecule has 1 aromatic rings. The lowest BCUT2D eigenvalue weighted by atomic mass is 10.3. The summed E-state index contributed by atoms with van der Waals surface area (Å²) in [7, 11) is 0. The molecule has 11 heavy (non-hydrogen) atoms. The second kappa shape index (κ2) is 4.08. The molecule has 1 aromatic heterocycles. The first kappa shape index (κ1) is 10.1. The fourth-order valence-electron chi connectivity index (χ4n) is 0.589. The zero-order valence-electron chi connectivity index (χ0n) is 5.38. The summed E-state index contributed by atoms with van der Waals surface area (Å²) in [6.07, 6.45) is -1.40. The second-order valence-corrected chi connectivity index (χ2v) is 1.78. The lowest BCUT2D eigenvalue weighted by Gasteiger charge is -1.95. The number of aromatic amines is 1. The molecule has 1 rings (SSSR count). The van der Waals surface area contributed by atoms with Gasteiger partial charge in [-0.3, -0.25) is 4.79 Å². The Balaban J connectivity index is 0.000001000. The second-order valence-electron chi connectivity index (χ2n) is 1.78. The molecule has 0 unspecified atom stereocenters. The number of H-pyrrole nitrogens is 1. The molecule has 1 N–H and O–H groups in total. The number of aromatic nitrogens is 1. The highest BCUT2D eigenvalue weighted by Crippen LogP contribution is 2.12. The summed E-state index contributed by atoms with van der Waals surface area (Å²) in [5.41, 5.74) is -0.749. The maximum absolute atomic E-state index is 11.8. The van der Waals surface area contributed by atoms with Crippen LogP contribution in [0.15, 0.2) is 23.1 Å². The van der Waals surface area contributed by atoms with Crippen LogP contribution in [0.1, 0.15) is 12.1 Å². The van der Waals surface area contributed by atoms with Crippen molar-refractivity contribution in [2.45, 2.75) is 6.43 Å². The Bertz CT molecular complexity index is 273. The van der Waals surface area contributed by atoms with Crippen LogP contribution in [0, 0.1) is 0 Å². The third-order valence-corrected chi connectivity index (χ3v) is 1.03. The van der Waals surface area contributed by atoms with Gasteiger partial charge in [0.05, 0.1) is 5.69 Å². The fraction of sp³-hybridized carbons (Fsp3) is 0.167. The van der Waals surface area contributed by atoms with E-state index < -0.39 is 11.9 Å². The van der Waals surface area contributed by atoms with Gasteiger partial charge in [0, 0.05) is 18.3 Å². The van der Waals surface area contributed by atoms with Crippen LogP contribution in [-0.2, 0) is 0 Å². The molecule has 0 aliphatic carbocycles. The van der Waals surface area contributed by atoms with E-state index in [4.69, 9.17) is 0 Å². The molecule has 0 fully saturated rings. The van der Waals surface area contributed by atoms with Gasteiger partial charge in [0.15, 0.2) is 5.43 Å². The summed E-state index contributed by atoms with van der Waals surface area (Å²) in [5, 5.41) is 0. The highest BCUT2D eigenvalue weighted by atomic mass is 35.5. The molecule has 0 spiro atoms. The lowest BCUT2D eigenvalue weighted by Crippen LogP contribution is -2.00. The summed E-state index contributed by atoms with van der Waals surface area (Å²) in [6.45, 7) is 0. The Morgan fingerprint density at radius 1 is 1.45 bits per heavy atom. The fourth-order valence-corrected chi connectivity index (χ4v) is 0.589. The number of rotatable bonds is 1. The summed E-state index contributed by atoms with van der Waals surface area (Å²) in [6, 6.07) is 2.07. The molecule has 0 amide bonds. The van der Waals surface area contributed by atoms with Crippen LogP contribution >= 0.6 is 12.4 Å². The molecule has 0 aromatic carbocycles. The van der Waals surface area contributed by atoms with E-state index in [1.165, 1.54) is 12.3 Å². The maximum atomic E-state index is 11.8. The molecule has 0 aliphatic rings. The van der Waals surface area contributed by atoms with Gasteiger partial charge < -0.3 is 4.98 Å². The minimum absolute atomic E-state index is 0. The molecule has 0 saturated carbocycles. The van der Waals surface area contributed by atoms with Gasteiger partial charge in [-0.25, -0.2) is 8.78 Å². The van der Waals surface area contributed by atoms with Gasteiger partial charge in [0.25, 0.3) is 6.43 Å². The van der Waals surface area contributed by atoms with E-state index in [0.29, 0.717) is 0 Å². The third-order valence-electron chi connectivity index (χ3n) is 1.03. The smallest absolute Gasteiger partial charge is 0.278 e. The van der Waals surface area contributed by atoms with Crippen LogP contribution in [0.4, 0.5) is 8.78 Å². The molecule has 0 atom stereocenters. The van der Waals surface area contributed by atoms with Crippen molar-refractivity contribution in [2.24, 2.45) is 0 Å². The normalized spacial score (nSPS) is 9.36. The van der Waals surface area contributed by atoms with Gasteiger partial charge >= 0.3 is 0 Å². The first-order valence-electron chi connectivity index (χ1n) is 2.67. The summed E-state index contributed by atoms with van der Waals surface area (Å²) in [4.78, 5) is 12.7. The van der Waals surface area contributed by atoms with Crippen LogP contribution in [0.5, 0.6) is 0 Å². The van der Waals surface area contributed by atoms with Crippen molar-refractivity contribution in [3.05, 3.63) is 34.2 Å². The zero-order chi connectivity index (χ0) is 7.56. The van der Waals surface area contributed by atoms with Crippen molar-refractivity contribution < 1.29 is 8.78 Å². The van der Waals surface area contributed by atoms with Gasteiger partial charge in [0.1, 0.15) is 0 Å². The summed E-state index contributed by atoms with van der Waals surface area (Å²) >= 11 is 0. The van der Waals surface area contributed by atoms with Gasteiger partial charge in [-0.2, -0.15) is 0 Å². The van der Waals surface area contributed by atoms with E-state index in [9.17, 15) is 13.6 Å². The van der Waals surface area contributed by atoms with Crippen LogP contribution in [0.25, 0.3) is 0 Å². The molecule has 1 heterocycles. The molecule has 5 heteroatoms. The predicted molar refractivity (Wildman–Crippen MR) is 39.3 cm³/mol. The minimum atomic E-state index is -2.60. The third kappa shape index (κ3) is 2.67. The molecular formula is C6H6ClF2NO. The highest BCUT2D eigenvalue weighted by Gasteiger charge is 2.05. The number of halogens is 3. The van der Waals surface area contributed by atoms with Gasteiger partial charge in [-0.1, -0.05) is 0 Å². The van der Waals surface area contributed by atoms with Gasteiger partial charge in [-0.05, 0) is 0 Å². The quantitative estimate of drug-likeness (QED) is 0.703. The topological polar surface area (TPSA) is 32.9 Å². The first-order valence-corrected chi connectivity index (χ1v) is 2.67. The van der Waals surface area contributed by atoms with E-state index in [1.54, 1.807) is 0 Å². The molecule has 0 saturated heterocycles. The largest absolute Gasteiger partial charge is 0.360 e. The van der Waals surface area contributed by atoms with E-state index in [-0.39, 0.29) is 18.1 Å². The lowest BCUT2D eigenvalue weighted by molar-refractivity contribution is 0.146. The van der Waals surface area contributed by atoms with Gasteiger partial charge in [0.2, 0.25) is 0 Å². The average molecular weight is 182 g/mol. The van der Waals surface area contributed by atoms with Crippen molar-refractivity contribution in [3.8, 4) is 0 Å². The van der Waals surface area contributed by atoms with Crippen LogP contribution < -0.4 is 5.43 Å². The first-order chi connectivity index (χ1) is 4.70. The number of alkyl halides is 2. The van der Waals surface area contributed by atoms with Crippen LogP contribution in [-0.4, -0.2) is 4.98 Å². The predicted octanol–water partition coefficient (Wildman–Crippen LogP) is 1.73. The maximum Gasteiger partial charge on any atom is 0.278 e. The van der Waals surface area contributed by atoms with Crippen LogP contribution in [0.3, 0.4) is 0 Å². The van der Waals surface area contributed by atoms with E-state index in [0.717, 1.165) is 6.07 Å². The van der Waals surface area contributed by atoms with Crippen molar-refractivity contribution in [1.29, 1.82) is 0 Å². The summed E-state index contributed by atoms with van der Waals surface area (Å²) < 4.78 is 23.6. The molecule has 0 bridgehead atoms. The van der Waals surface area contributed by atoms with Crippen LogP contribution in [0.2, 0.25) is 0 Å². The Kier molecular flexibility index (Phi) is 3.74. The molecule has 62 valence electrons. The Morgan fingerprint density at radius 3 is 2.45 bits per heavy atom. The number of hydrogen-bond acceptors (Lipinski definition) is 1. The Labute approximate surface area is 67.7 Å². The van der Waals surface area contributed by atoms with Crippen molar-refractivity contribution in [2.75, 3.05) is 0 Å². The monoisotopic (exact) mass is 181 g/mol. The SMILES string of the molecule is Cl.O=c1cc[nH]c(C(F)F)c1. The minimum Gasteiger partial charge on any atom is -0.360 e. The van der Waals surface area contributed by atoms with E-state index >= 15 is 0 Å². The van der Waals surface area contributed by atoms with Gasteiger partial charge in [-0.15, -0.1) is 12.4 Å². The molecular weight excluding hydrogens is 176 g/mol. The standard InChI is InChI=1S/C6H5F2NO.ClH/c7-6(8)5-3-4(10)1-2-9-5;/h1-3,6H,(H,9,10);1H. The number of hydrogen-bond donors (Lipinski definition) is 1. The zero-order valence-corrected chi connectivity index (χ0v) is 6.20. The average Bonchev–Trinajstić information content (AvgIpc) is 1.88. The van der Waals surface area contributed by atoms with E-state index in [2.05, 4.69) is 4.98 Å². The molecule has 2 nitrogen and oxygen atoms in total. The number of nitrogens with one attached hydrogen (secondary N) is 1. The molecule has 0 radical (unpaired) electrons. The summed E-state index contributed by atoms with van der Waals surface area (Å²) in [5.74, 6) is 0. The highest BCUT2D eigenvalue weighted by molar-refractivity contribution is 5.85. The van der Waals surface area contributed by atoms with E-state index in [1.807, 2.05) is 0 Å². The van der Waals surface area contributed by atoms with Crippen molar-refractivity contribution in [1.82, 2.24) is 4.98 Å². The van der Waals surface area contributed by atoms with Crippen molar-refractivity contribution >= 4 is 12.4 Å². The Hall–Kier alpha value is -0.900. The Morgan fingerprint density at radius 2 is 2.09 bits per heavy atom.